The predicted octanol–water partition coefficient (Wildman–Crippen LogP) is 5.26. The summed E-state index contributed by atoms with van der Waals surface area (Å²) < 4.78 is 9.93. The quantitative estimate of drug-likeness (QED) is 0.0830. The maximum Gasteiger partial charge on any atom is 0.407 e. The van der Waals surface area contributed by atoms with Crippen molar-refractivity contribution in [3.8, 4) is 0 Å². The number of carbonyl (C=O) groups is 5. The standard InChI is InChI=1S/C34H64N4O7/c1-25(17-9-14-22-36-31(41)27(3)19-11-16-24-38-33(43)45-34(5,6)7)29(39)35-21-13-10-18-26(2)30(40)37-23-15-12-20-28(4)32(42)44-8/h25-28H,9-24H2,1-8H3,(H,35,39)(H,36,41)(H,37,40)(H,38,43)/t25-,26-,27-,28-/m0/s1. The van der Waals surface area contributed by atoms with Crippen LogP contribution < -0.4 is 21.3 Å². The number of carbonyl (C=O) groups excluding carboxylic acids is 5. The lowest BCUT2D eigenvalue weighted by Crippen LogP contribution is -2.33. The van der Waals surface area contributed by atoms with Gasteiger partial charge in [-0.25, -0.2) is 4.79 Å². The fourth-order valence-corrected chi connectivity index (χ4v) is 4.68. The molecule has 0 spiro atoms. The Morgan fingerprint density at radius 3 is 1.13 bits per heavy atom. The molecule has 0 rings (SSSR count). The lowest BCUT2D eigenvalue weighted by molar-refractivity contribution is -0.145. The Labute approximate surface area is 272 Å². The van der Waals surface area contributed by atoms with Crippen LogP contribution in [0.2, 0.25) is 0 Å². The zero-order chi connectivity index (χ0) is 34.3. The molecule has 4 atom stereocenters. The third kappa shape index (κ3) is 23.2. The van der Waals surface area contributed by atoms with Crippen LogP contribution in [0.25, 0.3) is 0 Å². The maximum atomic E-state index is 12.4. The third-order valence-electron chi connectivity index (χ3n) is 7.77. The first-order chi connectivity index (χ1) is 21.2. The molecule has 0 bridgehead atoms. The average molecular weight is 641 g/mol. The minimum atomic E-state index is -0.514. The van der Waals surface area contributed by atoms with Crippen LogP contribution >= 0.6 is 0 Å². The number of methoxy groups -OCH3 is 1. The van der Waals surface area contributed by atoms with E-state index in [4.69, 9.17) is 9.47 Å². The summed E-state index contributed by atoms with van der Waals surface area (Å²) >= 11 is 0. The van der Waals surface area contributed by atoms with Gasteiger partial charge in [-0.3, -0.25) is 19.2 Å². The molecule has 0 saturated heterocycles. The summed E-state index contributed by atoms with van der Waals surface area (Å²) in [7, 11) is 1.40. The Kier molecular flexibility index (Phi) is 22.8. The summed E-state index contributed by atoms with van der Waals surface area (Å²) in [5, 5.41) is 11.7. The van der Waals surface area contributed by atoms with Gasteiger partial charge in [-0.05, 0) is 72.1 Å². The first-order valence-electron chi connectivity index (χ1n) is 17.1. The molecule has 0 saturated carbocycles. The number of hydrogen-bond acceptors (Lipinski definition) is 7. The van der Waals surface area contributed by atoms with Crippen LogP contribution in [-0.2, 0) is 28.7 Å². The van der Waals surface area contributed by atoms with Crippen molar-refractivity contribution in [2.24, 2.45) is 23.7 Å². The molecule has 0 radical (unpaired) electrons. The molecule has 0 fully saturated rings. The highest BCUT2D eigenvalue weighted by molar-refractivity contribution is 5.79. The van der Waals surface area contributed by atoms with Crippen molar-refractivity contribution < 1.29 is 33.4 Å². The van der Waals surface area contributed by atoms with Gasteiger partial charge in [-0.15, -0.1) is 0 Å². The number of amides is 4. The topological polar surface area (TPSA) is 152 Å². The molecule has 4 N–H and O–H groups in total. The summed E-state index contributed by atoms with van der Waals surface area (Å²) in [6, 6.07) is 0. The van der Waals surface area contributed by atoms with Gasteiger partial charge in [0.15, 0.2) is 0 Å². The largest absolute Gasteiger partial charge is 0.469 e. The molecule has 0 aliphatic carbocycles. The van der Waals surface area contributed by atoms with Crippen molar-refractivity contribution in [3.63, 3.8) is 0 Å². The molecule has 11 heteroatoms. The summed E-state index contributed by atoms with van der Waals surface area (Å²) in [5.74, 6) is -0.446. The minimum absolute atomic E-state index is 0.0369. The molecule has 262 valence electrons. The van der Waals surface area contributed by atoms with Crippen LogP contribution in [0.15, 0.2) is 0 Å². The Morgan fingerprint density at radius 1 is 0.511 bits per heavy atom. The van der Waals surface area contributed by atoms with Crippen molar-refractivity contribution in [2.45, 2.75) is 131 Å². The highest BCUT2D eigenvalue weighted by Gasteiger charge is 2.17. The van der Waals surface area contributed by atoms with E-state index in [0.29, 0.717) is 26.2 Å². The fraction of sp³-hybridized carbons (Fsp3) is 0.853. The van der Waals surface area contributed by atoms with Gasteiger partial charge in [0, 0.05) is 43.9 Å². The van der Waals surface area contributed by atoms with Crippen LogP contribution in [0.5, 0.6) is 0 Å². The number of unbranched alkanes of at least 4 members (excludes halogenated alkanes) is 4. The van der Waals surface area contributed by atoms with E-state index < -0.39 is 11.7 Å². The molecule has 4 amide bonds. The molecular weight excluding hydrogens is 576 g/mol. The van der Waals surface area contributed by atoms with Gasteiger partial charge in [-0.2, -0.15) is 0 Å². The highest BCUT2D eigenvalue weighted by atomic mass is 16.6. The second-order valence-electron chi connectivity index (χ2n) is 13.4. The maximum absolute atomic E-state index is 12.4. The minimum Gasteiger partial charge on any atom is -0.469 e. The first kappa shape index (κ1) is 42.1. The number of rotatable bonds is 24. The van der Waals surface area contributed by atoms with Crippen molar-refractivity contribution in [1.82, 2.24) is 21.3 Å². The normalized spacial score (nSPS) is 14.0. The van der Waals surface area contributed by atoms with Gasteiger partial charge in [0.25, 0.3) is 0 Å². The van der Waals surface area contributed by atoms with Gasteiger partial charge in [0.05, 0.1) is 13.0 Å². The monoisotopic (exact) mass is 640 g/mol. The summed E-state index contributed by atoms with van der Waals surface area (Å²) in [5.41, 5.74) is -0.514. The predicted molar refractivity (Wildman–Crippen MR) is 177 cm³/mol. The molecule has 0 aromatic rings. The van der Waals surface area contributed by atoms with E-state index in [2.05, 4.69) is 21.3 Å². The van der Waals surface area contributed by atoms with Crippen LogP contribution in [0.3, 0.4) is 0 Å². The molecule has 0 heterocycles. The zero-order valence-electron chi connectivity index (χ0n) is 29.5. The number of nitrogens with one attached hydrogen (secondary N) is 4. The summed E-state index contributed by atoms with van der Waals surface area (Å²) in [4.78, 5) is 60.1. The molecule has 0 unspecified atom stereocenters. The number of alkyl carbamates (subject to hydrolysis) is 1. The van der Waals surface area contributed by atoms with E-state index >= 15 is 0 Å². The second-order valence-corrected chi connectivity index (χ2v) is 13.4. The molecule has 0 aromatic carbocycles. The Morgan fingerprint density at radius 2 is 0.822 bits per heavy atom. The van der Waals surface area contributed by atoms with Gasteiger partial charge in [0.2, 0.25) is 17.7 Å². The molecular formula is C34H64N4O7. The average Bonchev–Trinajstić information content (AvgIpc) is 2.97. The van der Waals surface area contributed by atoms with E-state index in [1.165, 1.54) is 7.11 Å². The van der Waals surface area contributed by atoms with Gasteiger partial charge >= 0.3 is 12.1 Å². The van der Waals surface area contributed by atoms with Crippen LogP contribution in [0.4, 0.5) is 4.79 Å². The molecule has 45 heavy (non-hydrogen) atoms. The van der Waals surface area contributed by atoms with Crippen molar-refractivity contribution >= 4 is 29.8 Å². The van der Waals surface area contributed by atoms with E-state index in [1.807, 2.05) is 48.5 Å². The summed E-state index contributed by atoms with van der Waals surface area (Å²) in [6.45, 7) is 15.4. The highest BCUT2D eigenvalue weighted by Crippen LogP contribution is 2.12. The lowest BCUT2D eigenvalue weighted by Gasteiger charge is -2.19. The molecule has 11 nitrogen and oxygen atoms in total. The number of esters is 1. The van der Waals surface area contributed by atoms with E-state index in [0.717, 1.165) is 77.0 Å². The van der Waals surface area contributed by atoms with Crippen LogP contribution in [-0.4, -0.2) is 68.7 Å². The Bertz CT molecular complexity index is 875. The zero-order valence-corrected chi connectivity index (χ0v) is 29.5. The van der Waals surface area contributed by atoms with E-state index in [9.17, 15) is 24.0 Å². The van der Waals surface area contributed by atoms with E-state index in [1.54, 1.807) is 0 Å². The van der Waals surface area contributed by atoms with Crippen molar-refractivity contribution in [3.05, 3.63) is 0 Å². The van der Waals surface area contributed by atoms with Crippen LogP contribution in [0.1, 0.15) is 126 Å². The van der Waals surface area contributed by atoms with Crippen molar-refractivity contribution in [2.75, 3.05) is 33.3 Å². The number of hydrogen-bond donors (Lipinski definition) is 4. The molecule has 0 aromatic heterocycles. The Balaban J connectivity index is 3.82. The number of ether oxygens (including phenoxy) is 2. The first-order valence-corrected chi connectivity index (χ1v) is 17.1. The Hall–Kier alpha value is -2.85. The fourth-order valence-electron chi connectivity index (χ4n) is 4.68. The third-order valence-corrected chi connectivity index (χ3v) is 7.77. The van der Waals surface area contributed by atoms with Crippen LogP contribution in [0, 0.1) is 23.7 Å². The van der Waals surface area contributed by atoms with Gasteiger partial charge in [0.1, 0.15) is 5.60 Å². The lowest BCUT2D eigenvalue weighted by atomic mass is 10.0. The molecule has 0 aliphatic rings. The van der Waals surface area contributed by atoms with E-state index in [-0.39, 0.29) is 47.4 Å². The van der Waals surface area contributed by atoms with Gasteiger partial charge < -0.3 is 30.7 Å². The SMILES string of the molecule is COC(=O)[C@@H](C)CCCCNC(=O)[C@@H](C)CCCCNC(=O)[C@@H](C)CCCCNC(=O)[C@@H](C)CCCCNC(=O)OC(C)(C)C. The van der Waals surface area contributed by atoms with Crippen molar-refractivity contribution in [1.29, 1.82) is 0 Å². The second kappa shape index (κ2) is 24.4. The van der Waals surface area contributed by atoms with Gasteiger partial charge in [-0.1, -0.05) is 53.4 Å². The smallest absolute Gasteiger partial charge is 0.407 e. The molecule has 0 aliphatic heterocycles. The summed E-state index contributed by atoms with van der Waals surface area (Å²) in [6.07, 6.45) is 9.31.